The highest BCUT2D eigenvalue weighted by Gasteiger charge is 2.11. The Morgan fingerprint density at radius 2 is 1.76 bits per heavy atom. The van der Waals surface area contributed by atoms with Crippen molar-refractivity contribution >= 4 is 17.8 Å². The molecule has 0 unspecified atom stereocenters. The Kier molecular flexibility index (Phi) is 8.01. The van der Waals surface area contributed by atoms with Crippen molar-refractivity contribution in [3.63, 3.8) is 0 Å². The van der Waals surface area contributed by atoms with E-state index in [0.29, 0.717) is 22.7 Å². The maximum absolute atomic E-state index is 12.3. The Balaban J connectivity index is 1.92. The number of hydrogen-bond donors (Lipinski definition) is 1. The van der Waals surface area contributed by atoms with E-state index in [1.807, 2.05) is 0 Å². The summed E-state index contributed by atoms with van der Waals surface area (Å²) in [4.78, 5) is 17.0. The van der Waals surface area contributed by atoms with Gasteiger partial charge < -0.3 is 29.1 Å². The van der Waals surface area contributed by atoms with Gasteiger partial charge in [0.2, 0.25) is 0 Å². The first-order chi connectivity index (χ1) is 14.0. The van der Waals surface area contributed by atoms with Crippen molar-refractivity contribution in [2.45, 2.75) is 6.61 Å². The number of methoxy groups -OCH3 is 3. The number of hydrogen-bond acceptors (Lipinski definition) is 7. The molecular weight excluding hydrogens is 390 g/mol. The predicted molar refractivity (Wildman–Crippen MR) is 101 cm³/mol. The van der Waals surface area contributed by atoms with Crippen LogP contribution in [0, 0.1) is 0 Å². The second kappa shape index (κ2) is 10.7. The molecule has 2 aromatic rings. The van der Waals surface area contributed by atoms with Gasteiger partial charge in [0.1, 0.15) is 11.5 Å². The van der Waals surface area contributed by atoms with Crippen molar-refractivity contribution in [3.05, 3.63) is 42.0 Å². The SMILES string of the molecule is COc1ccc(OC)c(NC(=O)CO/N=C/c2ccc(OC(F)F)c(OC)c2)c1. The molecule has 2 rings (SSSR count). The van der Waals surface area contributed by atoms with Crippen molar-refractivity contribution < 1.29 is 37.4 Å². The smallest absolute Gasteiger partial charge is 0.387 e. The van der Waals surface area contributed by atoms with E-state index < -0.39 is 12.5 Å². The van der Waals surface area contributed by atoms with Crippen molar-refractivity contribution in [2.24, 2.45) is 5.16 Å². The molecule has 1 N–H and O–H groups in total. The number of ether oxygens (including phenoxy) is 4. The van der Waals surface area contributed by atoms with E-state index in [-0.39, 0.29) is 18.1 Å². The van der Waals surface area contributed by atoms with Gasteiger partial charge in [-0.05, 0) is 30.3 Å². The van der Waals surface area contributed by atoms with E-state index >= 15 is 0 Å². The number of nitrogens with one attached hydrogen (secondary N) is 1. The average Bonchev–Trinajstić information content (AvgIpc) is 2.71. The summed E-state index contributed by atoms with van der Waals surface area (Å²) in [6.45, 7) is -3.32. The Labute approximate surface area is 166 Å². The zero-order chi connectivity index (χ0) is 21.2. The lowest BCUT2D eigenvalue weighted by molar-refractivity contribution is -0.120. The molecule has 0 radical (unpaired) electrons. The summed E-state index contributed by atoms with van der Waals surface area (Å²) in [6, 6.07) is 9.19. The summed E-state index contributed by atoms with van der Waals surface area (Å²) < 4.78 is 44.3. The number of amides is 1. The van der Waals surface area contributed by atoms with Crippen molar-refractivity contribution in [3.8, 4) is 23.0 Å². The molecule has 0 saturated carbocycles. The number of halogens is 2. The first-order valence-corrected chi connectivity index (χ1v) is 8.27. The quantitative estimate of drug-likeness (QED) is 0.478. The monoisotopic (exact) mass is 410 g/mol. The molecule has 29 heavy (non-hydrogen) atoms. The summed E-state index contributed by atoms with van der Waals surface area (Å²) in [5, 5.41) is 6.31. The Bertz CT molecular complexity index is 861. The van der Waals surface area contributed by atoms with Crippen LogP contribution in [0.5, 0.6) is 23.0 Å². The number of alkyl halides is 2. The van der Waals surface area contributed by atoms with Crippen LogP contribution in [-0.2, 0) is 9.63 Å². The first kappa shape index (κ1) is 21.7. The lowest BCUT2D eigenvalue weighted by Gasteiger charge is -2.11. The molecule has 1 amide bonds. The lowest BCUT2D eigenvalue weighted by Crippen LogP contribution is -2.17. The van der Waals surface area contributed by atoms with Gasteiger partial charge in [0.15, 0.2) is 18.1 Å². The lowest BCUT2D eigenvalue weighted by atomic mass is 10.2. The molecule has 0 aliphatic carbocycles. The van der Waals surface area contributed by atoms with Crippen LogP contribution in [-0.4, -0.2) is 46.7 Å². The van der Waals surface area contributed by atoms with Crippen LogP contribution >= 0.6 is 0 Å². The van der Waals surface area contributed by atoms with Gasteiger partial charge in [-0.1, -0.05) is 5.16 Å². The molecule has 0 fully saturated rings. The molecule has 0 aromatic heterocycles. The predicted octanol–water partition coefficient (Wildman–Crippen LogP) is 3.30. The molecule has 10 heteroatoms. The van der Waals surface area contributed by atoms with E-state index in [4.69, 9.17) is 19.0 Å². The Hall–Kier alpha value is -3.56. The van der Waals surface area contributed by atoms with Crippen LogP contribution < -0.4 is 24.3 Å². The summed E-state index contributed by atoms with van der Waals surface area (Å²) in [5.74, 6) is 0.547. The number of benzene rings is 2. The molecule has 156 valence electrons. The van der Waals surface area contributed by atoms with Crippen LogP contribution in [0.3, 0.4) is 0 Å². The van der Waals surface area contributed by atoms with Gasteiger partial charge >= 0.3 is 6.61 Å². The Morgan fingerprint density at radius 3 is 2.41 bits per heavy atom. The van der Waals surface area contributed by atoms with Gasteiger partial charge in [0.05, 0.1) is 33.2 Å². The molecule has 2 aromatic carbocycles. The van der Waals surface area contributed by atoms with Gasteiger partial charge in [-0.3, -0.25) is 4.79 Å². The molecule has 0 spiro atoms. The summed E-state index contributed by atoms with van der Waals surface area (Å²) in [7, 11) is 4.30. The molecule has 0 saturated heterocycles. The first-order valence-electron chi connectivity index (χ1n) is 8.27. The van der Waals surface area contributed by atoms with Crippen LogP contribution in [0.2, 0.25) is 0 Å². The zero-order valence-electron chi connectivity index (χ0n) is 16.0. The minimum absolute atomic E-state index is 0.104. The fourth-order valence-electron chi connectivity index (χ4n) is 2.25. The van der Waals surface area contributed by atoms with Crippen LogP contribution in [0.1, 0.15) is 5.56 Å². The third-order valence-electron chi connectivity index (χ3n) is 3.56. The zero-order valence-corrected chi connectivity index (χ0v) is 16.0. The summed E-state index contributed by atoms with van der Waals surface area (Å²) in [6.07, 6.45) is 1.30. The number of rotatable bonds is 10. The van der Waals surface area contributed by atoms with E-state index in [0.717, 1.165) is 0 Å². The Morgan fingerprint density at radius 1 is 1.03 bits per heavy atom. The van der Waals surface area contributed by atoms with Crippen LogP contribution in [0.4, 0.5) is 14.5 Å². The van der Waals surface area contributed by atoms with E-state index in [9.17, 15) is 13.6 Å². The normalized spacial score (nSPS) is 10.7. The largest absolute Gasteiger partial charge is 0.497 e. The van der Waals surface area contributed by atoms with Crippen LogP contribution in [0.15, 0.2) is 41.6 Å². The third kappa shape index (κ3) is 6.52. The van der Waals surface area contributed by atoms with Gasteiger partial charge in [-0.25, -0.2) is 0 Å². The van der Waals surface area contributed by atoms with E-state index in [2.05, 4.69) is 15.2 Å². The maximum Gasteiger partial charge on any atom is 0.387 e. The van der Waals surface area contributed by atoms with Gasteiger partial charge in [-0.2, -0.15) is 8.78 Å². The minimum Gasteiger partial charge on any atom is -0.497 e. The summed E-state index contributed by atoms with van der Waals surface area (Å²) >= 11 is 0. The average molecular weight is 410 g/mol. The fraction of sp³-hybridized carbons (Fsp3) is 0.263. The molecular formula is C19H20F2N2O6. The fourth-order valence-corrected chi connectivity index (χ4v) is 2.25. The van der Waals surface area contributed by atoms with E-state index in [1.54, 1.807) is 18.2 Å². The van der Waals surface area contributed by atoms with Crippen LogP contribution in [0.25, 0.3) is 0 Å². The summed E-state index contributed by atoms with van der Waals surface area (Å²) in [5.41, 5.74) is 0.919. The molecule has 0 heterocycles. The van der Waals surface area contributed by atoms with Gasteiger partial charge in [-0.15, -0.1) is 0 Å². The van der Waals surface area contributed by atoms with Gasteiger partial charge in [0, 0.05) is 11.6 Å². The number of oxime groups is 1. The van der Waals surface area contributed by atoms with Crippen molar-refractivity contribution in [1.29, 1.82) is 0 Å². The maximum atomic E-state index is 12.3. The molecule has 0 aliphatic rings. The highest BCUT2D eigenvalue weighted by Crippen LogP contribution is 2.29. The van der Waals surface area contributed by atoms with E-state index in [1.165, 1.54) is 45.7 Å². The third-order valence-corrected chi connectivity index (χ3v) is 3.56. The second-order valence-electron chi connectivity index (χ2n) is 5.41. The number of nitrogens with zero attached hydrogens (tertiary/aromatic N) is 1. The second-order valence-corrected chi connectivity index (χ2v) is 5.41. The molecule has 0 atom stereocenters. The number of carbonyl (C=O) groups excluding carboxylic acids is 1. The topological polar surface area (TPSA) is 87.6 Å². The molecule has 8 nitrogen and oxygen atoms in total. The van der Waals surface area contributed by atoms with Gasteiger partial charge in [0.25, 0.3) is 5.91 Å². The van der Waals surface area contributed by atoms with Crippen molar-refractivity contribution in [1.82, 2.24) is 0 Å². The molecule has 0 bridgehead atoms. The highest BCUT2D eigenvalue weighted by molar-refractivity contribution is 5.93. The number of anilines is 1. The standard InChI is InChI=1S/C19H20F2N2O6/c1-25-13-5-7-15(26-2)14(9-13)23-18(24)11-28-22-10-12-4-6-16(29-19(20)21)17(8-12)27-3/h4-10,19H,11H2,1-3H3,(H,23,24)/b22-10+. The van der Waals surface area contributed by atoms with Crippen molar-refractivity contribution in [2.75, 3.05) is 33.3 Å². The number of carbonyl (C=O) groups is 1. The molecule has 0 aliphatic heterocycles. The minimum atomic E-state index is -2.96. The highest BCUT2D eigenvalue weighted by atomic mass is 19.3.